The molecule has 2 heterocycles. The summed E-state index contributed by atoms with van der Waals surface area (Å²) in [5, 5.41) is 1.19. The topological polar surface area (TPSA) is 43.8 Å². The Labute approximate surface area is 119 Å². The highest BCUT2D eigenvalue weighted by molar-refractivity contribution is 5.81. The molecule has 0 amide bonds. The van der Waals surface area contributed by atoms with E-state index in [4.69, 9.17) is 5.73 Å². The lowest BCUT2D eigenvalue weighted by atomic mass is 10.1. The first kappa shape index (κ1) is 12.9. The van der Waals surface area contributed by atoms with Crippen LogP contribution in [-0.4, -0.2) is 15.6 Å². The molecule has 0 saturated heterocycles. The van der Waals surface area contributed by atoms with Crippen molar-refractivity contribution in [3.63, 3.8) is 0 Å². The highest BCUT2D eigenvalue weighted by Gasteiger charge is 2.04. The molecule has 0 radical (unpaired) electrons. The van der Waals surface area contributed by atoms with Crippen LogP contribution < -0.4 is 5.73 Å². The summed E-state index contributed by atoms with van der Waals surface area (Å²) in [5.41, 5.74) is 9.45. The normalized spacial score (nSPS) is 12.7. The van der Waals surface area contributed by atoms with Crippen molar-refractivity contribution >= 4 is 10.9 Å². The highest BCUT2D eigenvalue weighted by Crippen LogP contribution is 2.17. The van der Waals surface area contributed by atoms with Crippen molar-refractivity contribution in [2.24, 2.45) is 5.73 Å². The Bertz CT molecular complexity index is 708. The third kappa shape index (κ3) is 2.73. The minimum absolute atomic E-state index is 0.199. The van der Waals surface area contributed by atoms with E-state index in [0.717, 1.165) is 18.5 Å². The van der Waals surface area contributed by atoms with Gasteiger partial charge < -0.3 is 10.3 Å². The molecule has 3 heteroatoms. The van der Waals surface area contributed by atoms with Crippen LogP contribution in [0.25, 0.3) is 10.9 Å². The molecule has 0 fully saturated rings. The zero-order valence-electron chi connectivity index (χ0n) is 11.7. The molecular weight excluding hydrogens is 246 g/mol. The lowest BCUT2D eigenvalue weighted by molar-refractivity contribution is 0.732. The molecule has 3 rings (SSSR count). The molecule has 0 spiro atoms. The predicted octanol–water partition coefficient (Wildman–Crippen LogP) is 2.97. The van der Waals surface area contributed by atoms with Crippen molar-refractivity contribution in [2.75, 3.05) is 0 Å². The molecule has 20 heavy (non-hydrogen) atoms. The number of hydrogen-bond donors (Lipinski definition) is 1. The molecule has 3 nitrogen and oxygen atoms in total. The molecule has 0 aliphatic carbocycles. The monoisotopic (exact) mass is 265 g/mol. The fraction of sp³-hybridized carbons (Fsp3) is 0.235. The Kier molecular flexibility index (Phi) is 3.52. The van der Waals surface area contributed by atoms with Crippen molar-refractivity contribution in [3.8, 4) is 0 Å². The molecule has 0 aliphatic rings. The lowest BCUT2D eigenvalue weighted by Gasteiger charge is -2.07. The van der Waals surface area contributed by atoms with Crippen LogP contribution in [0.3, 0.4) is 0 Å². The van der Waals surface area contributed by atoms with E-state index in [1.165, 1.54) is 16.5 Å². The highest BCUT2D eigenvalue weighted by atomic mass is 14.9. The lowest BCUT2D eigenvalue weighted by Crippen LogP contribution is -2.17. The SMILES string of the molecule is CC(N)Cc1ccn(Cc2cccc3cccnc23)c1. The Morgan fingerprint density at radius 3 is 2.90 bits per heavy atom. The summed E-state index contributed by atoms with van der Waals surface area (Å²) in [4.78, 5) is 4.50. The van der Waals surface area contributed by atoms with Crippen LogP contribution >= 0.6 is 0 Å². The fourth-order valence-corrected chi connectivity index (χ4v) is 2.57. The van der Waals surface area contributed by atoms with Gasteiger partial charge in [-0.05, 0) is 36.6 Å². The quantitative estimate of drug-likeness (QED) is 0.788. The average Bonchev–Trinajstić information content (AvgIpc) is 2.86. The van der Waals surface area contributed by atoms with Gasteiger partial charge in [0.1, 0.15) is 0 Å². The maximum absolute atomic E-state index is 5.84. The molecule has 0 saturated carbocycles. The number of fused-ring (bicyclic) bond motifs is 1. The fourth-order valence-electron chi connectivity index (χ4n) is 2.57. The van der Waals surface area contributed by atoms with Gasteiger partial charge in [0.15, 0.2) is 0 Å². The number of pyridine rings is 1. The van der Waals surface area contributed by atoms with Crippen LogP contribution in [0, 0.1) is 0 Å². The third-order valence-electron chi connectivity index (χ3n) is 3.44. The third-order valence-corrected chi connectivity index (χ3v) is 3.44. The van der Waals surface area contributed by atoms with Gasteiger partial charge in [-0.2, -0.15) is 0 Å². The number of hydrogen-bond acceptors (Lipinski definition) is 2. The smallest absolute Gasteiger partial charge is 0.0751 e. The van der Waals surface area contributed by atoms with E-state index >= 15 is 0 Å². The largest absolute Gasteiger partial charge is 0.350 e. The Morgan fingerprint density at radius 2 is 2.05 bits per heavy atom. The second kappa shape index (κ2) is 5.47. The second-order valence-electron chi connectivity index (χ2n) is 5.37. The van der Waals surface area contributed by atoms with Crippen LogP contribution in [0.15, 0.2) is 55.0 Å². The Hall–Kier alpha value is -2.13. The second-order valence-corrected chi connectivity index (χ2v) is 5.37. The maximum atomic E-state index is 5.84. The van der Waals surface area contributed by atoms with Gasteiger partial charge in [0.25, 0.3) is 0 Å². The number of nitrogens with zero attached hydrogens (tertiary/aromatic N) is 2. The minimum Gasteiger partial charge on any atom is -0.350 e. The van der Waals surface area contributed by atoms with Crippen LogP contribution in [0.2, 0.25) is 0 Å². The van der Waals surface area contributed by atoms with Crippen LogP contribution in [0.1, 0.15) is 18.1 Å². The molecule has 1 unspecified atom stereocenters. The van der Waals surface area contributed by atoms with Gasteiger partial charge in [-0.3, -0.25) is 4.98 Å². The van der Waals surface area contributed by atoms with Crippen molar-refractivity contribution in [1.29, 1.82) is 0 Å². The van der Waals surface area contributed by atoms with E-state index in [1.54, 1.807) is 0 Å². The van der Waals surface area contributed by atoms with Crippen LogP contribution in [0.5, 0.6) is 0 Å². The van der Waals surface area contributed by atoms with E-state index < -0.39 is 0 Å². The summed E-state index contributed by atoms with van der Waals surface area (Å²) >= 11 is 0. The first-order valence-corrected chi connectivity index (χ1v) is 6.95. The van der Waals surface area contributed by atoms with E-state index in [9.17, 15) is 0 Å². The predicted molar refractivity (Wildman–Crippen MR) is 82.6 cm³/mol. The molecule has 1 atom stereocenters. The molecule has 2 N–H and O–H groups in total. The van der Waals surface area contributed by atoms with Crippen LogP contribution in [0.4, 0.5) is 0 Å². The van der Waals surface area contributed by atoms with Gasteiger partial charge in [-0.1, -0.05) is 24.3 Å². The van der Waals surface area contributed by atoms with Gasteiger partial charge in [-0.15, -0.1) is 0 Å². The van der Waals surface area contributed by atoms with Crippen LogP contribution in [-0.2, 0) is 13.0 Å². The molecule has 1 aromatic carbocycles. The molecule has 2 aromatic heterocycles. The summed E-state index contributed by atoms with van der Waals surface area (Å²) < 4.78 is 2.20. The first-order chi connectivity index (χ1) is 9.72. The average molecular weight is 265 g/mol. The summed E-state index contributed by atoms with van der Waals surface area (Å²) in [5.74, 6) is 0. The molecule has 102 valence electrons. The Morgan fingerprint density at radius 1 is 1.20 bits per heavy atom. The summed E-state index contributed by atoms with van der Waals surface area (Å²) in [6.45, 7) is 2.87. The maximum Gasteiger partial charge on any atom is 0.0751 e. The summed E-state index contributed by atoms with van der Waals surface area (Å²) in [7, 11) is 0. The zero-order valence-corrected chi connectivity index (χ0v) is 11.7. The van der Waals surface area contributed by atoms with E-state index in [1.807, 2.05) is 19.2 Å². The number of benzene rings is 1. The number of rotatable bonds is 4. The van der Waals surface area contributed by atoms with E-state index in [-0.39, 0.29) is 6.04 Å². The standard InChI is InChI=1S/C17H19N3/c1-13(18)10-14-7-9-20(11-14)12-16-5-2-4-15-6-3-8-19-17(15)16/h2-9,11,13H,10,12,18H2,1H3. The van der Waals surface area contributed by atoms with Gasteiger partial charge in [0.05, 0.1) is 5.52 Å². The first-order valence-electron chi connectivity index (χ1n) is 6.95. The van der Waals surface area contributed by atoms with Crippen molar-refractivity contribution < 1.29 is 0 Å². The van der Waals surface area contributed by atoms with Gasteiger partial charge in [0, 0.05) is 36.6 Å². The van der Waals surface area contributed by atoms with E-state index in [0.29, 0.717) is 0 Å². The minimum atomic E-state index is 0.199. The number of para-hydroxylation sites is 1. The Balaban J connectivity index is 1.88. The van der Waals surface area contributed by atoms with Gasteiger partial charge >= 0.3 is 0 Å². The van der Waals surface area contributed by atoms with Crippen molar-refractivity contribution in [2.45, 2.75) is 25.9 Å². The van der Waals surface area contributed by atoms with Crippen molar-refractivity contribution in [3.05, 3.63) is 66.1 Å². The summed E-state index contributed by atoms with van der Waals surface area (Å²) in [6, 6.07) is 12.7. The summed E-state index contributed by atoms with van der Waals surface area (Å²) in [6.07, 6.45) is 7.05. The van der Waals surface area contributed by atoms with E-state index in [2.05, 4.69) is 52.3 Å². The molecule has 0 aliphatic heterocycles. The molecule has 0 bridgehead atoms. The number of aromatic nitrogens is 2. The van der Waals surface area contributed by atoms with Crippen molar-refractivity contribution in [1.82, 2.24) is 9.55 Å². The molecular formula is C17H19N3. The molecule has 3 aromatic rings. The number of nitrogens with two attached hydrogens (primary N) is 1. The van der Waals surface area contributed by atoms with Gasteiger partial charge in [-0.25, -0.2) is 0 Å². The van der Waals surface area contributed by atoms with Gasteiger partial charge in [0.2, 0.25) is 0 Å². The zero-order chi connectivity index (χ0) is 13.9.